The van der Waals surface area contributed by atoms with Crippen molar-refractivity contribution in [2.24, 2.45) is 0 Å². The normalized spacial score (nSPS) is 18.7. The average molecular weight is 582 g/mol. The molecule has 38 heavy (non-hydrogen) atoms. The van der Waals surface area contributed by atoms with Crippen LogP contribution in [0.5, 0.6) is 0 Å². The standard InChI is InChI=1S/C26H30ClN5O4S2.3H2/c1-18(31-11-2-3-19-15-20(27)4-9-24(19)31)25(34)32-13-12-30(16-22(32)17-33)21-5-7-23(8-6-21)38(35,36)29-26-28-10-14-37-26;;;/h4-10,14-15,18,22,33H,2-3,11-13,16-17H2,1H3,(H,28,29);3*1H/t18-,22-;;;/m0.../s1. The zero-order valence-corrected chi connectivity index (χ0v) is 23.3. The number of carbonyl (C=O) groups excluding carboxylic acids is 1. The topological polar surface area (TPSA) is 106 Å². The molecule has 2 aromatic carbocycles. The van der Waals surface area contributed by atoms with Gasteiger partial charge in [0.15, 0.2) is 5.13 Å². The van der Waals surface area contributed by atoms with E-state index >= 15 is 0 Å². The number of sulfonamides is 1. The second-order valence-electron chi connectivity index (χ2n) is 9.50. The molecule has 2 atom stereocenters. The summed E-state index contributed by atoms with van der Waals surface area (Å²) < 4.78 is 27.8. The van der Waals surface area contributed by atoms with Crippen LogP contribution in [0.15, 0.2) is 58.9 Å². The van der Waals surface area contributed by atoms with Crippen molar-refractivity contribution < 1.29 is 22.6 Å². The molecule has 9 nitrogen and oxygen atoms in total. The Hall–Kier alpha value is -2.86. The maximum absolute atomic E-state index is 13.6. The number of amides is 1. The van der Waals surface area contributed by atoms with Crippen molar-refractivity contribution in [1.29, 1.82) is 0 Å². The van der Waals surface area contributed by atoms with Crippen LogP contribution in [-0.2, 0) is 21.2 Å². The monoisotopic (exact) mass is 581 g/mol. The van der Waals surface area contributed by atoms with Gasteiger partial charge in [-0.25, -0.2) is 13.4 Å². The molecule has 0 aliphatic carbocycles. The number of aliphatic hydroxyl groups excluding tert-OH is 1. The number of rotatable bonds is 7. The Balaban J connectivity index is 0.00000196. The first-order valence-electron chi connectivity index (χ1n) is 12.5. The molecule has 1 aromatic heterocycles. The van der Waals surface area contributed by atoms with Gasteiger partial charge in [-0.05, 0) is 67.8 Å². The van der Waals surface area contributed by atoms with Crippen LogP contribution < -0.4 is 14.5 Å². The van der Waals surface area contributed by atoms with E-state index in [1.807, 2.05) is 25.1 Å². The van der Waals surface area contributed by atoms with Gasteiger partial charge in [0.1, 0.15) is 6.04 Å². The summed E-state index contributed by atoms with van der Waals surface area (Å²) in [7, 11) is -3.74. The zero-order chi connectivity index (χ0) is 26.9. The van der Waals surface area contributed by atoms with Crippen molar-refractivity contribution in [3.05, 3.63) is 64.6 Å². The van der Waals surface area contributed by atoms with Crippen molar-refractivity contribution in [2.75, 3.05) is 47.3 Å². The van der Waals surface area contributed by atoms with Gasteiger partial charge in [-0.3, -0.25) is 9.52 Å². The molecule has 3 heterocycles. The fraction of sp³-hybridized carbons (Fsp3) is 0.385. The van der Waals surface area contributed by atoms with Gasteiger partial charge in [0.2, 0.25) is 5.91 Å². The first-order valence-corrected chi connectivity index (χ1v) is 15.2. The van der Waals surface area contributed by atoms with Crippen molar-refractivity contribution in [2.45, 2.75) is 36.7 Å². The van der Waals surface area contributed by atoms with Gasteiger partial charge < -0.3 is 19.8 Å². The lowest BCUT2D eigenvalue weighted by atomic mass is 9.99. The minimum Gasteiger partial charge on any atom is -0.394 e. The van der Waals surface area contributed by atoms with Gasteiger partial charge in [-0.1, -0.05) is 11.6 Å². The van der Waals surface area contributed by atoms with E-state index in [4.69, 9.17) is 11.6 Å². The Labute approximate surface area is 236 Å². The molecular weight excluding hydrogens is 546 g/mol. The fourth-order valence-electron chi connectivity index (χ4n) is 5.19. The number of aryl methyl sites for hydroxylation is 1. The second-order valence-corrected chi connectivity index (χ2v) is 12.5. The molecule has 0 radical (unpaired) electrons. The molecule has 1 saturated heterocycles. The van der Waals surface area contributed by atoms with Crippen molar-refractivity contribution in [3.8, 4) is 0 Å². The molecule has 0 saturated carbocycles. The van der Waals surface area contributed by atoms with Gasteiger partial charge in [0.05, 0.1) is 17.5 Å². The lowest BCUT2D eigenvalue weighted by Crippen LogP contribution is -2.60. The van der Waals surface area contributed by atoms with Crippen LogP contribution in [0.2, 0.25) is 5.02 Å². The highest BCUT2D eigenvalue weighted by Crippen LogP contribution is 2.32. The molecule has 208 valence electrons. The smallest absolute Gasteiger partial charge is 0.263 e. The van der Waals surface area contributed by atoms with Gasteiger partial charge in [0.25, 0.3) is 10.0 Å². The third kappa shape index (κ3) is 5.47. The Morgan fingerprint density at radius 2 is 2.03 bits per heavy atom. The van der Waals surface area contributed by atoms with E-state index < -0.39 is 10.0 Å². The molecule has 2 N–H and O–H groups in total. The number of piperazine rings is 1. The molecule has 3 aromatic rings. The number of halogens is 1. The minimum atomic E-state index is -3.74. The average Bonchev–Trinajstić information content (AvgIpc) is 3.43. The summed E-state index contributed by atoms with van der Waals surface area (Å²) in [6.45, 7) is 4.03. The highest BCUT2D eigenvalue weighted by molar-refractivity contribution is 7.93. The van der Waals surface area contributed by atoms with E-state index in [2.05, 4.69) is 19.5 Å². The number of hydrogen-bond acceptors (Lipinski definition) is 8. The van der Waals surface area contributed by atoms with Crippen LogP contribution in [0.4, 0.5) is 16.5 Å². The molecule has 2 aliphatic heterocycles. The number of nitrogens with zero attached hydrogens (tertiary/aromatic N) is 4. The third-order valence-corrected chi connectivity index (χ3v) is 9.57. The van der Waals surface area contributed by atoms with E-state index in [-0.39, 0.29) is 33.8 Å². The first-order chi connectivity index (χ1) is 18.3. The molecular formula is C26H36ClN5O4S2. The number of aromatic nitrogens is 1. The number of thiazole rings is 1. The summed E-state index contributed by atoms with van der Waals surface area (Å²) in [4.78, 5) is 23.7. The van der Waals surface area contributed by atoms with Gasteiger partial charge in [-0.2, -0.15) is 0 Å². The maximum atomic E-state index is 13.6. The van der Waals surface area contributed by atoms with Crippen molar-refractivity contribution in [3.63, 3.8) is 0 Å². The van der Waals surface area contributed by atoms with E-state index in [1.165, 1.54) is 17.5 Å². The quantitative estimate of drug-likeness (QED) is 0.431. The summed E-state index contributed by atoms with van der Waals surface area (Å²) in [5.41, 5.74) is 3.03. The molecule has 5 rings (SSSR count). The lowest BCUT2D eigenvalue weighted by Gasteiger charge is -2.44. The first kappa shape index (κ1) is 26.7. The molecule has 0 unspecified atom stereocenters. The highest BCUT2D eigenvalue weighted by atomic mass is 35.5. The predicted octanol–water partition coefficient (Wildman–Crippen LogP) is 4.19. The van der Waals surface area contributed by atoms with Crippen molar-refractivity contribution in [1.82, 2.24) is 9.88 Å². The molecule has 0 bridgehead atoms. The van der Waals surface area contributed by atoms with Crippen LogP contribution in [-0.4, -0.2) is 74.2 Å². The molecule has 12 heteroatoms. The molecule has 1 amide bonds. The largest absolute Gasteiger partial charge is 0.394 e. The maximum Gasteiger partial charge on any atom is 0.263 e. The van der Waals surface area contributed by atoms with E-state index in [0.717, 1.165) is 36.3 Å². The summed E-state index contributed by atoms with van der Waals surface area (Å²) in [6.07, 6.45) is 3.43. The van der Waals surface area contributed by atoms with Crippen LogP contribution in [0.3, 0.4) is 0 Å². The Morgan fingerprint density at radius 3 is 2.74 bits per heavy atom. The van der Waals surface area contributed by atoms with Gasteiger partial charge in [0, 0.05) is 58.4 Å². The highest BCUT2D eigenvalue weighted by Gasteiger charge is 2.35. The molecule has 1 fully saturated rings. The van der Waals surface area contributed by atoms with Gasteiger partial charge in [-0.15, -0.1) is 11.3 Å². The summed E-state index contributed by atoms with van der Waals surface area (Å²) in [5, 5.41) is 12.9. The zero-order valence-electron chi connectivity index (χ0n) is 21.0. The SMILES string of the molecule is C[C@@H](C(=O)N1CCN(c2ccc(S(=O)(=O)Nc3nccs3)cc2)C[C@H]1CO)N1CCCc2cc(Cl)ccc21.[HH].[HH].[HH]. The van der Waals surface area contributed by atoms with Gasteiger partial charge >= 0.3 is 0 Å². The van der Waals surface area contributed by atoms with Crippen LogP contribution in [0.25, 0.3) is 0 Å². The minimum absolute atomic E-state index is 0. The Kier molecular flexibility index (Phi) is 7.80. The summed E-state index contributed by atoms with van der Waals surface area (Å²) in [5.74, 6) is -0.0128. The number of hydrogen-bond donors (Lipinski definition) is 2. The third-order valence-electron chi connectivity index (χ3n) is 7.16. The summed E-state index contributed by atoms with van der Waals surface area (Å²) in [6, 6.07) is 11.7. The predicted molar refractivity (Wildman–Crippen MR) is 157 cm³/mol. The molecule has 0 spiro atoms. The number of benzene rings is 2. The van der Waals surface area contributed by atoms with Crippen LogP contribution >= 0.6 is 22.9 Å². The number of nitrogens with one attached hydrogen (secondary N) is 1. The fourth-order valence-corrected chi connectivity index (χ4v) is 7.17. The Bertz CT molecular complexity index is 1400. The summed E-state index contributed by atoms with van der Waals surface area (Å²) >= 11 is 7.40. The van der Waals surface area contributed by atoms with E-state index in [1.54, 1.807) is 34.5 Å². The van der Waals surface area contributed by atoms with Crippen molar-refractivity contribution >= 4 is 55.4 Å². The van der Waals surface area contributed by atoms with Crippen LogP contribution in [0.1, 0.15) is 23.2 Å². The van der Waals surface area contributed by atoms with Crippen LogP contribution in [0, 0.1) is 0 Å². The number of aliphatic hydroxyl groups is 1. The molecule has 2 aliphatic rings. The lowest BCUT2D eigenvalue weighted by molar-refractivity contribution is -0.136. The second kappa shape index (κ2) is 11.1. The van der Waals surface area contributed by atoms with E-state index in [0.29, 0.717) is 29.8 Å². The van der Waals surface area contributed by atoms with E-state index in [9.17, 15) is 18.3 Å². The Morgan fingerprint density at radius 1 is 1.24 bits per heavy atom. The number of anilines is 3. The number of fused-ring (bicyclic) bond motifs is 1. The number of carbonyl (C=O) groups is 1.